The van der Waals surface area contributed by atoms with Gasteiger partial charge in [0.1, 0.15) is 0 Å². The lowest BCUT2D eigenvalue weighted by Gasteiger charge is -2.27. The summed E-state index contributed by atoms with van der Waals surface area (Å²) in [4.78, 5) is 14.9. The zero-order valence-electron chi connectivity index (χ0n) is 12.2. The Bertz CT molecular complexity index is 696. The van der Waals surface area contributed by atoms with Crippen molar-refractivity contribution in [3.05, 3.63) is 38.9 Å². The topological polar surface area (TPSA) is 41.9 Å². The molecule has 0 aliphatic carbocycles. The van der Waals surface area contributed by atoms with Gasteiger partial charge in [0, 0.05) is 42.7 Å². The van der Waals surface area contributed by atoms with Gasteiger partial charge in [0.05, 0.1) is 16.4 Å². The number of fused-ring (bicyclic) bond motifs is 1. The third kappa shape index (κ3) is 3.12. The van der Waals surface area contributed by atoms with Crippen LogP contribution in [-0.2, 0) is 25.7 Å². The Morgan fingerprint density at radius 2 is 2.05 bits per heavy atom. The standard InChI is InChI=1S/C14H15F3N4S/c1-8-12(22-9(2)19-8)7-21-4-3-11-10(6-21)5-18-13(20-11)14(15,16)17/h5H,3-4,6-7H2,1-2H3. The first kappa shape index (κ1) is 15.4. The molecule has 0 bridgehead atoms. The molecule has 1 aliphatic rings. The first-order valence-corrected chi connectivity index (χ1v) is 7.72. The van der Waals surface area contributed by atoms with E-state index in [1.54, 1.807) is 11.3 Å². The fourth-order valence-corrected chi connectivity index (χ4v) is 3.55. The highest BCUT2D eigenvalue weighted by Crippen LogP contribution is 2.28. The maximum atomic E-state index is 12.6. The molecule has 0 saturated heterocycles. The second-order valence-corrected chi connectivity index (χ2v) is 6.65. The Morgan fingerprint density at radius 1 is 1.27 bits per heavy atom. The number of aryl methyl sites for hydroxylation is 2. The zero-order valence-corrected chi connectivity index (χ0v) is 13.1. The molecule has 0 N–H and O–H groups in total. The molecule has 0 fully saturated rings. The molecule has 22 heavy (non-hydrogen) atoms. The number of thiazole rings is 1. The van der Waals surface area contributed by atoms with Gasteiger partial charge >= 0.3 is 6.18 Å². The lowest BCUT2D eigenvalue weighted by atomic mass is 10.1. The van der Waals surface area contributed by atoms with Gasteiger partial charge in [-0.3, -0.25) is 4.90 Å². The summed E-state index contributed by atoms with van der Waals surface area (Å²) in [7, 11) is 0. The summed E-state index contributed by atoms with van der Waals surface area (Å²) >= 11 is 1.66. The van der Waals surface area contributed by atoms with Crippen molar-refractivity contribution < 1.29 is 13.2 Å². The second-order valence-electron chi connectivity index (χ2n) is 5.37. The fourth-order valence-electron chi connectivity index (χ4n) is 2.57. The monoisotopic (exact) mass is 328 g/mol. The molecule has 118 valence electrons. The SMILES string of the molecule is Cc1nc(C)c(CN2CCc3nc(C(F)(F)F)ncc3C2)s1. The first-order chi connectivity index (χ1) is 10.3. The molecular weight excluding hydrogens is 313 g/mol. The fraction of sp³-hybridized carbons (Fsp3) is 0.500. The van der Waals surface area contributed by atoms with Crippen LogP contribution in [0.3, 0.4) is 0 Å². The van der Waals surface area contributed by atoms with E-state index in [4.69, 9.17) is 0 Å². The Hall–Kier alpha value is -1.54. The molecule has 0 saturated carbocycles. The van der Waals surface area contributed by atoms with Gasteiger partial charge in [-0.25, -0.2) is 15.0 Å². The zero-order chi connectivity index (χ0) is 15.9. The highest BCUT2D eigenvalue weighted by Gasteiger charge is 2.35. The van der Waals surface area contributed by atoms with E-state index in [0.29, 0.717) is 25.2 Å². The molecule has 0 atom stereocenters. The van der Waals surface area contributed by atoms with E-state index in [0.717, 1.165) is 22.8 Å². The quantitative estimate of drug-likeness (QED) is 0.849. The number of hydrogen-bond acceptors (Lipinski definition) is 5. The molecular formula is C14H15F3N4S. The smallest absolute Gasteiger partial charge is 0.293 e. The number of aromatic nitrogens is 3. The molecule has 0 spiro atoms. The van der Waals surface area contributed by atoms with Crippen molar-refractivity contribution in [3.63, 3.8) is 0 Å². The van der Waals surface area contributed by atoms with Crippen molar-refractivity contribution in [1.82, 2.24) is 19.9 Å². The minimum atomic E-state index is -4.48. The third-order valence-electron chi connectivity index (χ3n) is 3.63. The summed E-state index contributed by atoms with van der Waals surface area (Å²) in [5.41, 5.74) is 2.31. The number of halogens is 3. The Balaban J connectivity index is 1.76. The number of alkyl halides is 3. The van der Waals surface area contributed by atoms with Gasteiger partial charge in [-0.15, -0.1) is 11.3 Å². The lowest BCUT2D eigenvalue weighted by Crippen LogP contribution is -2.31. The molecule has 1 aliphatic heterocycles. The Kier molecular flexibility index (Phi) is 3.90. The minimum absolute atomic E-state index is 0.510. The summed E-state index contributed by atoms with van der Waals surface area (Å²) in [5, 5.41) is 1.03. The molecule has 3 heterocycles. The van der Waals surface area contributed by atoms with E-state index in [1.807, 2.05) is 13.8 Å². The normalized spacial score (nSPS) is 15.9. The summed E-state index contributed by atoms with van der Waals surface area (Å²) < 4.78 is 37.9. The van der Waals surface area contributed by atoms with Crippen molar-refractivity contribution in [2.45, 2.75) is 39.5 Å². The van der Waals surface area contributed by atoms with Gasteiger partial charge in [0.15, 0.2) is 0 Å². The molecule has 0 radical (unpaired) electrons. The van der Waals surface area contributed by atoms with Crippen LogP contribution in [0.5, 0.6) is 0 Å². The molecule has 4 nitrogen and oxygen atoms in total. The summed E-state index contributed by atoms with van der Waals surface area (Å²) in [6.07, 6.45) is -2.66. The van der Waals surface area contributed by atoms with Gasteiger partial charge in [-0.2, -0.15) is 13.2 Å². The minimum Gasteiger partial charge on any atom is -0.293 e. The van der Waals surface area contributed by atoms with Gasteiger partial charge in [-0.1, -0.05) is 0 Å². The van der Waals surface area contributed by atoms with E-state index < -0.39 is 12.0 Å². The van der Waals surface area contributed by atoms with Crippen molar-refractivity contribution in [1.29, 1.82) is 0 Å². The van der Waals surface area contributed by atoms with E-state index in [2.05, 4.69) is 19.9 Å². The molecule has 8 heteroatoms. The maximum absolute atomic E-state index is 12.6. The summed E-state index contributed by atoms with van der Waals surface area (Å²) in [5.74, 6) is -1.05. The number of hydrogen-bond donors (Lipinski definition) is 0. The summed E-state index contributed by atoms with van der Waals surface area (Å²) in [6, 6.07) is 0. The van der Waals surface area contributed by atoms with Crippen molar-refractivity contribution in [2.24, 2.45) is 0 Å². The van der Waals surface area contributed by atoms with E-state index in [1.165, 1.54) is 11.1 Å². The Morgan fingerprint density at radius 3 is 2.68 bits per heavy atom. The lowest BCUT2D eigenvalue weighted by molar-refractivity contribution is -0.145. The van der Waals surface area contributed by atoms with Crippen LogP contribution >= 0.6 is 11.3 Å². The van der Waals surface area contributed by atoms with Gasteiger partial charge in [-0.05, 0) is 13.8 Å². The number of nitrogens with zero attached hydrogens (tertiary/aromatic N) is 4. The predicted octanol–water partition coefficient (Wildman–Crippen LogP) is 3.13. The van der Waals surface area contributed by atoms with E-state index in [9.17, 15) is 13.2 Å². The molecule has 0 amide bonds. The van der Waals surface area contributed by atoms with Crippen LogP contribution < -0.4 is 0 Å². The van der Waals surface area contributed by atoms with Gasteiger partial charge in [0.25, 0.3) is 0 Å². The molecule has 3 rings (SSSR count). The molecule has 2 aromatic heterocycles. The predicted molar refractivity (Wildman–Crippen MR) is 76.4 cm³/mol. The average Bonchev–Trinajstić information content (AvgIpc) is 2.75. The largest absolute Gasteiger partial charge is 0.451 e. The van der Waals surface area contributed by atoms with Crippen LogP contribution in [0.2, 0.25) is 0 Å². The van der Waals surface area contributed by atoms with E-state index >= 15 is 0 Å². The maximum Gasteiger partial charge on any atom is 0.451 e. The van der Waals surface area contributed by atoms with Gasteiger partial charge in [0.2, 0.25) is 5.82 Å². The van der Waals surface area contributed by atoms with E-state index in [-0.39, 0.29) is 0 Å². The molecule has 0 unspecified atom stereocenters. The Labute approximate surface area is 130 Å². The van der Waals surface area contributed by atoms with Crippen molar-refractivity contribution in [2.75, 3.05) is 6.54 Å². The first-order valence-electron chi connectivity index (χ1n) is 6.90. The van der Waals surface area contributed by atoms with Crippen molar-refractivity contribution in [3.8, 4) is 0 Å². The average molecular weight is 328 g/mol. The van der Waals surface area contributed by atoms with Crippen LogP contribution in [0.15, 0.2) is 6.20 Å². The molecule has 0 aromatic carbocycles. The summed E-state index contributed by atoms with van der Waals surface area (Å²) in [6.45, 7) is 5.98. The van der Waals surface area contributed by atoms with Crippen molar-refractivity contribution >= 4 is 11.3 Å². The number of rotatable bonds is 2. The van der Waals surface area contributed by atoms with Crippen LogP contribution in [0, 0.1) is 13.8 Å². The van der Waals surface area contributed by atoms with Gasteiger partial charge < -0.3 is 0 Å². The van der Waals surface area contributed by atoms with Crippen LogP contribution in [0.25, 0.3) is 0 Å². The third-order valence-corrected chi connectivity index (χ3v) is 4.69. The highest BCUT2D eigenvalue weighted by molar-refractivity contribution is 7.11. The molecule has 2 aromatic rings. The second kappa shape index (κ2) is 5.58. The van der Waals surface area contributed by atoms with Crippen LogP contribution in [-0.4, -0.2) is 26.4 Å². The van der Waals surface area contributed by atoms with Crippen LogP contribution in [0.4, 0.5) is 13.2 Å². The van der Waals surface area contributed by atoms with Crippen LogP contribution in [0.1, 0.15) is 32.7 Å². The highest BCUT2D eigenvalue weighted by atomic mass is 32.1.